The second-order valence-corrected chi connectivity index (χ2v) is 6.63. The Bertz CT molecular complexity index is 1020. The molecule has 0 N–H and O–H groups in total. The quantitative estimate of drug-likeness (QED) is 0.322. The van der Waals surface area contributed by atoms with Gasteiger partial charge in [0.2, 0.25) is 0 Å². The molecule has 0 spiro atoms. The average Bonchev–Trinajstić information content (AvgIpc) is 2.71. The molecule has 1 aromatic heterocycles. The van der Waals surface area contributed by atoms with Gasteiger partial charge in [-0.05, 0) is 24.1 Å². The summed E-state index contributed by atoms with van der Waals surface area (Å²) in [5.41, 5.74) is 3.78. The van der Waals surface area contributed by atoms with Crippen LogP contribution in [0.1, 0.15) is 41.6 Å². The number of pyridine rings is 1. The first-order valence-corrected chi connectivity index (χ1v) is 9.16. The van der Waals surface area contributed by atoms with Gasteiger partial charge in [0.05, 0.1) is 11.0 Å². The smallest absolute Gasteiger partial charge is 0.170 e. The Morgan fingerprint density at radius 2 is 1.35 bits per heavy atom. The fourth-order valence-corrected chi connectivity index (χ4v) is 3.75. The summed E-state index contributed by atoms with van der Waals surface area (Å²) >= 11 is 0. The number of rotatable bonds is 5. The Hall–Kier alpha value is -3.00. The second kappa shape index (κ2) is 7.09. The molecular weight excluding hydrogens is 318 g/mol. The van der Waals surface area contributed by atoms with Gasteiger partial charge in [-0.2, -0.15) is 0 Å². The summed E-state index contributed by atoms with van der Waals surface area (Å²) in [4.78, 5) is 18.2. The van der Waals surface area contributed by atoms with E-state index < -0.39 is 0 Å². The molecule has 1 atom stereocenters. The molecule has 0 saturated heterocycles. The number of carbonyl (C=O) groups is 1. The lowest BCUT2D eigenvalue weighted by Crippen LogP contribution is -2.14. The summed E-state index contributed by atoms with van der Waals surface area (Å²) in [6.07, 6.45) is 1.78. The first-order valence-electron chi connectivity index (χ1n) is 9.16. The third kappa shape index (κ3) is 2.88. The predicted molar refractivity (Wildman–Crippen MR) is 108 cm³/mol. The van der Waals surface area contributed by atoms with E-state index in [9.17, 15) is 4.79 Å². The van der Waals surface area contributed by atoms with Crippen molar-refractivity contribution in [1.29, 1.82) is 0 Å². The molecule has 0 saturated carbocycles. The fourth-order valence-electron chi connectivity index (χ4n) is 3.75. The molecule has 4 rings (SSSR count). The Morgan fingerprint density at radius 3 is 1.92 bits per heavy atom. The van der Waals surface area contributed by atoms with E-state index in [2.05, 4.69) is 19.1 Å². The fraction of sp³-hybridized carbons (Fsp3) is 0.167. The van der Waals surface area contributed by atoms with E-state index in [1.807, 2.05) is 66.7 Å². The molecule has 0 aliphatic heterocycles. The number of Topliss-reactive ketones (excluding diaryl/α,β-unsaturated/α-hetero) is 1. The summed E-state index contributed by atoms with van der Waals surface area (Å²) in [6, 6.07) is 25.9. The number of nitrogens with zero attached hydrogens (tertiary/aromatic N) is 1. The molecule has 0 fully saturated rings. The molecule has 3 aromatic carbocycles. The minimum Gasteiger partial charge on any atom is -0.293 e. The van der Waals surface area contributed by atoms with E-state index in [1.165, 1.54) is 0 Å². The van der Waals surface area contributed by atoms with Crippen LogP contribution in [0.3, 0.4) is 0 Å². The van der Waals surface area contributed by atoms with Gasteiger partial charge >= 0.3 is 0 Å². The zero-order valence-electron chi connectivity index (χ0n) is 14.9. The summed E-state index contributed by atoms with van der Waals surface area (Å²) in [5.74, 6) is 0.0224. The van der Waals surface area contributed by atoms with Crippen molar-refractivity contribution in [3.8, 4) is 0 Å². The molecule has 128 valence electrons. The maximum Gasteiger partial charge on any atom is 0.170 e. The molecule has 1 heterocycles. The number of hydrogen-bond donors (Lipinski definition) is 0. The van der Waals surface area contributed by atoms with Gasteiger partial charge in [-0.15, -0.1) is 0 Å². The summed E-state index contributed by atoms with van der Waals surface area (Å²) < 4.78 is 0. The SMILES string of the molecule is CCCC(C(=O)c1ccccc1)c1c2ccccc2nc2ccccc12. The number of fused-ring (bicyclic) bond motifs is 2. The van der Waals surface area contributed by atoms with Crippen LogP contribution in [0.4, 0.5) is 0 Å². The van der Waals surface area contributed by atoms with Crippen LogP contribution < -0.4 is 0 Å². The summed E-state index contributed by atoms with van der Waals surface area (Å²) in [7, 11) is 0. The lowest BCUT2D eigenvalue weighted by Gasteiger charge is -2.20. The molecule has 0 aliphatic rings. The molecule has 0 aliphatic carbocycles. The maximum absolute atomic E-state index is 13.4. The van der Waals surface area contributed by atoms with Gasteiger partial charge in [-0.3, -0.25) is 4.79 Å². The highest BCUT2D eigenvalue weighted by molar-refractivity contribution is 6.08. The topological polar surface area (TPSA) is 30.0 Å². The average molecular weight is 339 g/mol. The van der Waals surface area contributed by atoms with Crippen LogP contribution in [-0.2, 0) is 0 Å². The van der Waals surface area contributed by atoms with Crippen LogP contribution >= 0.6 is 0 Å². The van der Waals surface area contributed by atoms with E-state index in [0.29, 0.717) is 0 Å². The highest BCUT2D eigenvalue weighted by Gasteiger charge is 2.25. The number of benzene rings is 3. The molecule has 0 amide bonds. The number of aromatic nitrogens is 1. The van der Waals surface area contributed by atoms with E-state index in [-0.39, 0.29) is 11.7 Å². The van der Waals surface area contributed by atoms with E-state index in [0.717, 1.165) is 45.8 Å². The van der Waals surface area contributed by atoms with Crippen LogP contribution in [0.2, 0.25) is 0 Å². The second-order valence-electron chi connectivity index (χ2n) is 6.63. The van der Waals surface area contributed by atoms with Crippen LogP contribution in [0, 0.1) is 0 Å². The zero-order valence-corrected chi connectivity index (χ0v) is 14.9. The first kappa shape index (κ1) is 16.5. The zero-order chi connectivity index (χ0) is 17.9. The predicted octanol–water partition coefficient (Wildman–Crippen LogP) is 6.15. The minimum absolute atomic E-state index is 0.166. The van der Waals surface area contributed by atoms with Crippen molar-refractivity contribution in [3.63, 3.8) is 0 Å². The van der Waals surface area contributed by atoms with Gasteiger partial charge in [0, 0.05) is 22.3 Å². The van der Waals surface area contributed by atoms with Crippen molar-refractivity contribution >= 4 is 27.6 Å². The van der Waals surface area contributed by atoms with Gasteiger partial charge in [0.25, 0.3) is 0 Å². The minimum atomic E-state index is -0.166. The lowest BCUT2D eigenvalue weighted by atomic mass is 9.83. The molecular formula is C24H21NO. The van der Waals surface area contributed by atoms with Gasteiger partial charge in [0.15, 0.2) is 5.78 Å². The van der Waals surface area contributed by atoms with Crippen molar-refractivity contribution in [3.05, 3.63) is 90.0 Å². The third-order valence-corrected chi connectivity index (χ3v) is 4.93. The van der Waals surface area contributed by atoms with E-state index in [1.54, 1.807) is 0 Å². The van der Waals surface area contributed by atoms with Crippen molar-refractivity contribution in [2.75, 3.05) is 0 Å². The molecule has 2 nitrogen and oxygen atoms in total. The Balaban J connectivity index is 2.00. The molecule has 2 heteroatoms. The van der Waals surface area contributed by atoms with Gasteiger partial charge < -0.3 is 0 Å². The van der Waals surface area contributed by atoms with Crippen molar-refractivity contribution in [2.45, 2.75) is 25.7 Å². The van der Waals surface area contributed by atoms with Crippen LogP contribution in [0.15, 0.2) is 78.9 Å². The van der Waals surface area contributed by atoms with Crippen LogP contribution in [0.25, 0.3) is 21.8 Å². The van der Waals surface area contributed by atoms with E-state index in [4.69, 9.17) is 4.98 Å². The largest absolute Gasteiger partial charge is 0.293 e. The molecule has 1 unspecified atom stereocenters. The molecule has 4 aromatic rings. The summed E-state index contributed by atoms with van der Waals surface area (Å²) in [5, 5.41) is 2.16. The third-order valence-electron chi connectivity index (χ3n) is 4.93. The number of para-hydroxylation sites is 2. The molecule has 0 bridgehead atoms. The van der Waals surface area contributed by atoms with Gasteiger partial charge in [0.1, 0.15) is 0 Å². The Labute approximate surface area is 153 Å². The van der Waals surface area contributed by atoms with Crippen molar-refractivity contribution in [1.82, 2.24) is 4.98 Å². The number of ketones is 1. The molecule has 0 radical (unpaired) electrons. The van der Waals surface area contributed by atoms with Crippen LogP contribution in [-0.4, -0.2) is 10.8 Å². The normalized spacial score (nSPS) is 12.3. The highest BCUT2D eigenvalue weighted by Crippen LogP contribution is 2.36. The standard InChI is InChI=1S/C24H21NO/c1-2-10-20(24(26)17-11-4-3-5-12-17)23-18-13-6-8-15-21(18)25-22-16-9-7-14-19(22)23/h3-9,11-16,20H,2,10H2,1H3. The number of hydrogen-bond acceptors (Lipinski definition) is 2. The maximum atomic E-state index is 13.4. The van der Waals surface area contributed by atoms with Gasteiger partial charge in [-0.1, -0.05) is 80.1 Å². The highest BCUT2D eigenvalue weighted by atomic mass is 16.1. The van der Waals surface area contributed by atoms with Crippen molar-refractivity contribution in [2.24, 2.45) is 0 Å². The lowest BCUT2D eigenvalue weighted by molar-refractivity contribution is 0.0955. The first-order chi connectivity index (χ1) is 12.8. The van der Waals surface area contributed by atoms with Crippen LogP contribution in [0.5, 0.6) is 0 Å². The number of carbonyl (C=O) groups excluding carboxylic acids is 1. The Morgan fingerprint density at radius 1 is 0.808 bits per heavy atom. The van der Waals surface area contributed by atoms with E-state index >= 15 is 0 Å². The van der Waals surface area contributed by atoms with Gasteiger partial charge in [-0.25, -0.2) is 4.98 Å². The molecule has 26 heavy (non-hydrogen) atoms. The Kier molecular flexibility index (Phi) is 4.49. The van der Waals surface area contributed by atoms with Crippen molar-refractivity contribution < 1.29 is 4.79 Å². The monoisotopic (exact) mass is 339 g/mol. The summed E-state index contributed by atoms with van der Waals surface area (Å²) in [6.45, 7) is 2.14.